The second-order valence-corrected chi connectivity index (χ2v) is 8.14. The summed E-state index contributed by atoms with van der Waals surface area (Å²) >= 11 is -1.60. The van der Waals surface area contributed by atoms with E-state index in [1.54, 1.807) is 17.0 Å². The van der Waals surface area contributed by atoms with Gasteiger partial charge in [-0.3, -0.25) is 4.79 Å². The van der Waals surface area contributed by atoms with Gasteiger partial charge in [-0.05, 0) is 42.0 Å². The topological polar surface area (TPSA) is 75.4 Å². The Morgan fingerprint density at radius 3 is 2.54 bits per heavy atom. The zero-order chi connectivity index (χ0) is 19.8. The van der Waals surface area contributed by atoms with E-state index in [0.29, 0.717) is 25.1 Å². The fraction of sp³-hybridized carbons (Fsp3) is 0.350. The van der Waals surface area contributed by atoms with Gasteiger partial charge >= 0.3 is 0 Å². The van der Waals surface area contributed by atoms with Crippen molar-refractivity contribution >= 4 is 17.1 Å². The van der Waals surface area contributed by atoms with Gasteiger partial charge in [0.2, 0.25) is 5.91 Å². The van der Waals surface area contributed by atoms with E-state index in [2.05, 4.69) is 4.72 Å². The number of carbonyl (C=O) groups is 1. The maximum absolute atomic E-state index is 14.3. The number of rotatable bonds is 6. The molecule has 0 bridgehead atoms. The first-order valence-electron chi connectivity index (χ1n) is 9.21. The van der Waals surface area contributed by atoms with E-state index in [1.165, 1.54) is 18.2 Å². The minimum atomic E-state index is -1.60. The standard InChI is InChI=1S/C20H21F2N3O2S/c21-17-6-3-7-18(22)19(17)14-5-2-1-4-13(14)15-10-16(15)20(26)25-9-8-12(25)11-24-28(23)27/h1-7,12,15-16,24H,8-11,23H2. The second kappa shape index (κ2) is 7.69. The lowest BCUT2D eigenvalue weighted by atomic mass is 9.94. The molecule has 28 heavy (non-hydrogen) atoms. The first-order chi connectivity index (χ1) is 13.5. The largest absolute Gasteiger partial charge is 0.338 e. The third-order valence-electron chi connectivity index (χ3n) is 5.59. The monoisotopic (exact) mass is 405 g/mol. The van der Waals surface area contributed by atoms with Crippen LogP contribution in [0.15, 0.2) is 42.5 Å². The van der Waals surface area contributed by atoms with E-state index < -0.39 is 22.8 Å². The second-order valence-electron chi connectivity index (χ2n) is 7.25. The van der Waals surface area contributed by atoms with Crippen LogP contribution in [0.2, 0.25) is 0 Å². The number of halogens is 2. The first kappa shape index (κ1) is 19.2. The zero-order valence-electron chi connectivity index (χ0n) is 15.1. The number of amides is 1. The molecule has 2 aromatic rings. The van der Waals surface area contributed by atoms with Crippen molar-refractivity contribution < 1.29 is 17.8 Å². The van der Waals surface area contributed by atoms with Crippen LogP contribution < -0.4 is 9.86 Å². The summed E-state index contributed by atoms with van der Waals surface area (Å²) in [5.41, 5.74) is 1.24. The fourth-order valence-corrected chi connectivity index (χ4v) is 4.31. The summed E-state index contributed by atoms with van der Waals surface area (Å²) in [5, 5.41) is 5.20. The van der Waals surface area contributed by atoms with E-state index in [1.807, 2.05) is 12.1 Å². The summed E-state index contributed by atoms with van der Waals surface area (Å²) in [5.74, 6) is -1.43. The molecule has 0 spiro atoms. The molecule has 1 aliphatic heterocycles. The van der Waals surface area contributed by atoms with Crippen molar-refractivity contribution in [3.63, 3.8) is 0 Å². The third-order valence-corrected chi connectivity index (χ3v) is 6.04. The fourth-order valence-electron chi connectivity index (χ4n) is 3.95. The lowest BCUT2D eigenvalue weighted by Crippen LogP contribution is -2.56. The number of hydrogen-bond donors (Lipinski definition) is 2. The molecule has 4 atom stereocenters. The van der Waals surface area contributed by atoms with E-state index in [-0.39, 0.29) is 29.3 Å². The number of likely N-dealkylation sites (tertiary alicyclic amines) is 1. The van der Waals surface area contributed by atoms with Crippen LogP contribution >= 0.6 is 0 Å². The lowest BCUT2D eigenvalue weighted by molar-refractivity contribution is -0.140. The number of carbonyl (C=O) groups excluding carboxylic acids is 1. The molecule has 2 aliphatic rings. The minimum Gasteiger partial charge on any atom is -0.338 e. The van der Waals surface area contributed by atoms with E-state index in [4.69, 9.17) is 5.14 Å². The smallest absolute Gasteiger partial charge is 0.226 e. The van der Waals surface area contributed by atoms with Crippen molar-refractivity contribution in [2.45, 2.75) is 24.8 Å². The van der Waals surface area contributed by atoms with Gasteiger partial charge in [0.25, 0.3) is 0 Å². The average Bonchev–Trinajstić information content (AvgIpc) is 3.41. The van der Waals surface area contributed by atoms with Gasteiger partial charge < -0.3 is 4.90 Å². The van der Waals surface area contributed by atoms with Gasteiger partial charge in [0, 0.05) is 25.0 Å². The Morgan fingerprint density at radius 2 is 1.89 bits per heavy atom. The van der Waals surface area contributed by atoms with Crippen molar-refractivity contribution in [2.24, 2.45) is 11.1 Å². The molecular formula is C20H21F2N3O2S. The van der Waals surface area contributed by atoms with Crippen molar-refractivity contribution in [2.75, 3.05) is 13.1 Å². The maximum atomic E-state index is 14.3. The molecule has 1 saturated heterocycles. The highest BCUT2D eigenvalue weighted by Gasteiger charge is 2.49. The molecule has 8 heteroatoms. The Bertz CT molecular complexity index is 919. The molecular weight excluding hydrogens is 384 g/mol. The van der Waals surface area contributed by atoms with Crippen molar-refractivity contribution in [3.8, 4) is 11.1 Å². The number of nitrogens with one attached hydrogen (secondary N) is 1. The molecule has 1 heterocycles. The van der Waals surface area contributed by atoms with Crippen LogP contribution in [-0.2, 0) is 16.0 Å². The average molecular weight is 405 g/mol. The summed E-state index contributed by atoms with van der Waals surface area (Å²) < 4.78 is 42.2. The number of benzene rings is 2. The van der Waals surface area contributed by atoms with Crippen LogP contribution in [0.4, 0.5) is 8.78 Å². The summed E-state index contributed by atoms with van der Waals surface area (Å²) in [6.07, 6.45) is 1.50. The Labute approximate surface area is 164 Å². The molecule has 2 aromatic carbocycles. The highest BCUT2D eigenvalue weighted by Crippen LogP contribution is 2.52. The third kappa shape index (κ3) is 3.59. The van der Waals surface area contributed by atoms with E-state index >= 15 is 0 Å². The highest BCUT2D eigenvalue weighted by molar-refractivity contribution is 7.80. The van der Waals surface area contributed by atoms with Crippen LogP contribution in [0.25, 0.3) is 11.1 Å². The molecule has 4 rings (SSSR count). The zero-order valence-corrected chi connectivity index (χ0v) is 15.9. The number of nitrogens with two attached hydrogens (primary N) is 1. The first-order valence-corrected chi connectivity index (χ1v) is 10.4. The Balaban J connectivity index is 1.52. The molecule has 5 nitrogen and oxygen atoms in total. The normalized spacial score (nSPS) is 24.5. The number of hydrogen-bond acceptors (Lipinski definition) is 2. The van der Waals surface area contributed by atoms with Gasteiger partial charge in [0.1, 0.15) is 11.6 Å². The van der Waals surface area contributed by atoms with E-state index in [9.17, 15) is 17.8 Å². The maximum Gasteiger partial charge on any atom is 0.226 e. The van der Waals surface area contributed by atoms with Gasteiger partial charge in [-0.25, -0.2) is 22.9 Å². The van der Waals surface area contributed by atoms with Crippen molar-refractivity contribution in [3.05, 3.63) is 59.7 Å². The van der Waals surface area contributed by atoms with Gasteiger partial charge in [0.15, 0.2) is 11.2 Å². The van der Waals surface area contributed by atoms with Gasteiger partial charge in [-0.2, -0.15) is 0 Å². The molecule has 0 radical (unpaired) electrons. The molecule has 1 saturated carbocycles. The summed E-state index contributed by atoms with van der Waals surface area (Å²) in [6.45, 7) is 1.05. The minimum absolute atomic E-state index is 0.0134. The summed E-state index contributed by atoms with van der Waals surface area (Å²) in [7, 11) is 0. The molecule has 3 N–H and O–H groups in total. The van der Waals surface area contributed by atoms with Crippen LogP contribution in [0.3, 0.4) is 0 Å². The Hall–Kier alpha value is -2.16. The lowest BCUT2D eigenvalue weighted by Gasteiger charge is -2.41. The molecule has 1 amide bonds. The molecule has 2 fully saturated rings. The quantitative estimate of drug-likeness (QED) is 0.775. The van der Waals surface area contributed by atoms with Gasteiger partial charge in [0.05, 0.1) is 5.56 Å². The Kier molecular flexibility index (Phi) is 5.27. The number of nitrogens with zero attached hydrogens (tertiary/aromatic N) is 1. The molecule has 1 aliphatic carbocycles. The highest BCUT2D eigenvalue weighted by atomic mass is 32.2. The van der Waals surface area contributed by atoms with Gasteiger partial charge in [-0.15, -0.1) is 0 Å². The molecule has 0 aromatic heterocycles. The van der Waals surface area contributed by atoms with E-state index in [0.717, 1.165) is 12.0 Å². The van der Waals surface area contributed by atoms with Crippen LogP contribution in [0, 0.1) is 17.6 Å². The molecule has 4 unspecified atom stereocenters. The van der Waals surface area contributed by atoms with Crippen molar-refractivity contribution in [1.29, 1.82) is 0 Å². The SMILES string of the molecule is NS(=O)NCC1CCN1C(=O)C1CC1c1ccccc1-c1c(F)cccc1F. The van der Waals surface area contributed by atoms with Crippen LogP contribution in [0.5, 0.6) is 0 Å². The van der Waals surface area contributed by atoms with Crippen molar-refractivity contribution in [1.82, 2.24) is 9.62 Å². The predicted molar refractivity (Wildman–Crippen MR) is 103 cm³/mol. The molecule has 148 valence electrons. The van der Waals surface area contributed by atoms with Crippen LogP contribution in [-0.4, -0.2) is 34.1 Å². The summed E-state index contributed by atoms with van der Waals surface area (Å²) in [4.78, 5) is 14.6. The predicted octanol–water partition coefficient (Wildman–Crippen LogP) is 2.46. The van der Waals surface area contributed by atoms with Crippen LogP contribution in [0.1, 0.15) is 24.3 Å². The van der Waals surface area contributed by atoms with Gasteiger partial charge in [-0.1, -0.05) is 30.3 Å². The Morgan fingerprint density at radius 1 is 1.18 bits per heavy atom. The summed E-state index contributed by atoms with van der Waals surface area (Å²) in [6, 6.07) is 10.9.